The first kappa shape index (κ1) is 30.3. The molecule has 0 bridgehead atoms. The van der Waals surface area contributed by atoms with E-state index >= 15 is 0 Å². The van der Waals surface area contributed by atoms with Crippen LogP contribution in [0.15, 0.2) is 60.7 Å². The Hall–Kier alpha value is -3.90. The van der Waals surface area contributed by atoms with Gasteiger partial charge in [-0.1, -0.05) is 60.7 Å². The number of nitrogens with one attached hydrogen (secondary N) is 3. The number of benzene rings is 2. The minimum Gasteiger partial charge on any atom is -0.481 e. The van der Waals surface area contributed by atoms with Gasteiger partial charge in [-0.25, -0.2) is 4.79 Å². The van der Waals surface area contributed by atoms with E-state index < -0.39 is 53.8 Å². The highest BCUT2D eigenvalue weighted by molar-refractivity contribution is 7.80. The standard InChI is InChI=1S/C26H32N4O7S/c27-18(11-12-22(31)32)23(33)28-19(13-16-7-3-1-4-8-16)24(34)30-21(15-38)25(35)29-20(26(36)37)14-17-9-5-2-6-10-17/h1-10,18-21,38H,11-15,27H2,(H,28,33)(H,29,35)(H,30,34)(H,31,32)(H,36,37). The highest BCUT2D eigenvalue weighted by atomic mass is 32.1. The Morgan fingerprint density at radius 2 is 1.16 bits per heavy atom. The molecule has 0 saturated heterocycles. The lowest BCUT2D eigenvalue weighted by Crippen LogP contribution is -2.58. The van der Waals surface area contributed by atoms with Crippen LogP contribution in [0.3, 0.4) is 0 Å². The number of carboxylic acids is 2. The van der Waals surface area contributed by atoms with Crippen LogP contribution in [0.4, 0.5) is 0 Å². The van der Waals surface area contributed by atoms with Gasteiger partial charge < -0.3 is 31.9 Å². The van der Waals surface area contributed by atoms with E-state index in [-0.39, 0.29) is 31.4 Å². The summed E-state index contributed by atoms with van der Waals surface area (Å²) in [4.78, 5) is 61.2. The molecule has 4 atom stereocenters. The lowest BCUT2D eigenvalue weighted by molar-refractivity contribution is -0.142. The van der Waals surface area contributed by atoms with E-state index in [1.54, 1.807) is 60.7 Å². The topological polar surface area (TPSA) is 188 Å². The third kappa shape index (κ3) is 10.2. The maximum Gasteiger partial charge on any atom is 0.326 e. The van der Waals surface area contributed by atoms with Gasteiger partial charge in [-0.2, -0.15) is 12.6 Å². The smallest absolute Gasteiger partial charge is 0.326 e. The summed E-state index contributed by atoms with van der Waals surface area (Å²) in [6.07, 6.45) is -0.340. The molecule has 38 heavy (non-hydrogen) atoms. The summed E-state index contributed by atoms with van der Waals surface area (Å²) in [5.41, 5.74) is 7.21. The highest BCUT2D eigenvalue weighted by Gasteiger charge is 2.30. The summed E-state index contributed by atoms with van der Waals surface area (Å²) in [6.45, 7) is 0. The number of nitrogens with two attached hydrogens (primary N) is 1. The maximum absolute atomic E-state index is 13.2. The van der Waals surface area contributed by atoms with E-state index in [1.165, 1.54) is 0 Å². The zero-order chi connectivity index (χ0) is 28.1. The first-order valence-electron chi connectivity index (χ1n) is 11.9. The highest BCUT2D eigenvalue weighted by Crippen LogP contribution is 2.07. The summed E-state index contributed by atoms with van der Waals surface area (Å²) in [5, 5.41) is 25.9. The second-order valence-corrected chi connectivity index (χ2v) is 8.99. The molecule has 4 unspecified atom stereocenters. The molecule has 2 rings (SSSR count). The Labute approximate surface area is 225 Å². The summed E-state index contributed by atoms with van der Waals surface area (Å²) < 4.78 is 0. The van der Waals surface area contributed by atoms with Crippen molar-refractivity contribution < 1.29 is 34.2 Å². The molecule has 11 nitrogen and oxygen atoms in total. The van der Waals surface area contributed by atoms with Crippen LogP contribution in [-0.2, 0) is 36.8 Å². The summed E-state index contributed by atoms with van der Waals surface area (Å²) in [5.74, 6) is -4.67. The van der Waals surface area contributed by atoms with E-state index in [9.17, 15) is 29.1 Å². The maximum atomic E-state index is 13.2. The molecule has 0 aliphatic heterocycles. The zero-order valence-electron chi connectivity index (χ0n) is 20.6. The van der Waals surface area contributed by atoms with Gasteiger partial charge in [0.2, 0.25) is 17.7 Å². The van der Waals surface area contributed by atoms with Gasteiger partial charge in [0.15, 0.2) is 0 Å². The van der Waals surface area contributed by atoms with Gasteiger partial charge in [0.1, 0.15) is 18.1 Å². The van der Waals surface area contributed by atoms with Crippen molar-refractivity contribution in [2.24, 2.45) is 5.73 Å². The van der Waals surface area contributed by atoms with Gasteiger partial charge in [-0.05, 0) is 17.5 Å². The first-order valence-corrected chi connectivity index (χ1v) is 12.5. The van der Waals surface area contributed by atoms with Crippen molar-refractivity contribution >= 4 is 42.3 Å². The molecule has 0 radical (unpaired) electrons. The number of carbonyl (C=O) groups excluding carboxylic acids is 3. The average molecular weight is 545 g/mol. The third-order valence-corrected chi connectivity index (χ3v) is 6.00. The van der Waals surface area contributed by atoms with Crippen molar-refractivity contribution in [3.63, 3.8) is 0 Å². The van der Waals surface area contributed by atoms with Gasteiger partial charge in [0.05, 0.1) is 6.04 Å². The number of hydrogen-bond donors (Lipinski definition) is 7. The van der Waals surface area contributed by atoms with Gasteiger partial charge in [-0.3, -0.25) is 19.2 Å². The Bertz CT molecular complexity index is 1100. The van der Waals surface area contributed by atoms with Gasteiger partial charge in [0.25, 0.3) is 0 Å². The summed E-state index contributed by atoms with van der Waals surface area (Å²) in [7, 11) is 0. The molecular formula is C26H32N4O7S. The van der Waals surface area contributed by atoms with Crippen LogP contribution in [0.1, 0.15) is 24.0 Å². The molecule has 0 heterocycles. The molecule has 0 spiro atoms. The fraction of sp³-hybridized carbons (Fsp3) is 0.346. The second-order valence-electron chi connectivity index (χ2n) is 8.62. The Kier molecular flexibility index (Phi) is 12.3. The van der Waals surface area contributed by atoms with Crippen LogP contribution in [0.2, 0.25) is 0 Å². The minimum atomic E-state index is -1.24. The summed E-state index contributed by atoms with van der Waals surface area (Å²) in [6, 6.07) is 12.8. The monoisotopic (exact) mass is 544 g/mol. The number of carboxylic acid groups (broad SMARTS) is 2. The van der Waals surface area contributed by atoms with Crippen molar-refractivity contribution in [3.05, 3.63) is 71.8 Å². The number of rotatable bonds is 15. The van der Waals surface area contributed by atoms with Crippen LogP contribution in [0.25, 0.3) is 0 Å². The number of hydrogen-bond acceptors (Lipinski definition) is 7. The second kappa shape index (κ2) is 15.4. The van der Waals surface area contributed by atoms with Gasteiger partial charge in [-0.15, -0.1) is 0 Å². The fourth-order valence-corrected chi connectivity index (χ4v) is 3.79. The van der Waals surface area contributed by atoms with Crippen LogP contribution in [0, 0.1) is 0 Å². The van der Waals surface area contributed by atoms with Crippen molar-refractivity contribution in [2.45, 2.75) is 49.9 Å². The van der Waals surface area contributed by atoms with Crippen LogP contribution >= 0.6 is 12.6 Å². The lowest BCUT2D eigenvalue weighted by Gasteiger charge is -2.24. The molecule has 204 valence electrons. The normalized spacial score (nSPS) is 13.8. The first-order chi connectivity index (χ1) is 18.1. The van der Waals surface area contributed by atoms with E-state index in [0.29, 0.717) is 11.1 Å². The van der Waals surface area contributed by atoms with E-state index in [1.807, 2.05) is 0 Å². The number of amides is 3. The number of carbonyl (C=O) groups is 5. The molecule has 0 aliphatic rings. The van der Waals surface area contributed by atoms with Crippen LogP contribution < -0.4 is 21.7 Å². The third-order valence-electron chi connectivity index (χ3n) is 5.63. The molecular weight excluding hydrogens is 512 g/mol. The predicted octanol–water partition coefficient (Wildman–Crippen LogP) is 0.133. The molecule has 0 aliphatic carbocycles. The Morgan fingerprint density at radius 3 is 1.63 bits per heavy atom. The lowest BCUT2D eigenvalue weighted by atomic mass is 10.0. The van der Waals surface area contributed by atoms with Crippen molar-refractivity contribution in [2.75, 3.05) is 5.75 Å². The molecule has 3 amide bonds. The molecule has 2 aromatic carbocycles. The molecule has 12 heteroatoms. The average Bonchev–Trinajstić information content (AvgIpc) is 2.90. The predicted molar refractivity (Wildman–Crippen MR) is 142 cm³/mol. The molecule has 2 aromatic rings. The van der Waals surface area contributed by atoms with Gasteiger partial charge in [0, 0.05) is 25.0 Å². The molecule has 0 saturated carbocycles. The molecule has 0 aromatic heterocycles. The zero-order valence-corrected chi connectivity index (χ0v) is 21.5. The van der Waals surface area contributed by atoms with Crippen molar-refractivity contribution in [1.82, 2.24) is 16.0 Å². The Balaban J connectivity index is 2.12. The Morgan fingerprint density at radius 1 is 0.711 bits per heavy atom. The van der Waals surface area contributed by atoms with Crippen molar-refractivity contribution in [1.29, 1.82) is 0 Å². The fourth-order valence-electron chi connectivity index (χ4n) is 3.54. The number of thiol groups is 1. The molecule has 0 fully saturated rings. The van der Waals surface area contributed by atoms with Crippen LogP contribution in [-0.4, -0.2) is 69.8 Å². The van der Waals surface area contributed by atoms with Crippen LogP contribution in [0.5, 0.6) is 0 Å². The quantitative estimate of drug-likeness (QED) is 0.154. The largest absolute Gasteiger partial charge is 0.481 e. The minimum absolute atomic E-state index is 0.0378. The number of aliphatic carboxylic acids is 2. The summed E-state index contributed by atoms with van der Waals surface area (Å²) >= 11 is 4.13. The molecule has 7 N–H and O–H groups in total. The van der Waals surface area contributed by atoms with Crippen molar-refractivity contribution in [3.8, 4) is 0 Å². The van der Waals surface area contributed by atoms with E-state index in [2.05, 4.69) is 28.6 Å². The van der Waals surface area contributed by atoms with E-state index in [4.69, 9.17) is 10.8 Å². The SMILES string of the molecule is NC(CCC(=O)O)C(=O)NC(Cc1ccccc1)C(=O)NC(CS)C(=O)NC(Cc1ccccc1)C(=O)O. The van der Waals surface area contributed by atoms with E-state index in [0.717, 1.165) is 0 Å². The van der Waals surface area contributed by atoms with Gasteiger partial charge >= 0.3 is 11.9 Å².